The van der Waals surface area contributed by atoms with Crippen molar-refractivity contribution in [2.24, 2.45) is 0 Å². The SMILES string of the molecule is COc1c(C(C)(C)C)cc2[cH-]c(C)cc2c1-c1cc(C)cc(C)c1.COc1c(C(C)(C)C)cc2[cH-]c(C)cc2c1-c1cc(C)cc(C)c1.C[Si]C.[Cl][Zr+2][Cl]. The molecule has 0 bridgehead atoms. The zero-order valence-corrected chi connectivity index (χ0v) is 40.5. The Morgan fingerprint density at radius 3 is 1.04 bits per heavy atom. The minimum atomic E-state index is -0.826. The van der Waals surface area contributed by atoms with Crippen LogP contribution in [-0.4, -0.2) is 23.7 Å². The summed E-state index contributed by atoms with van der Waals surface area (Å²) < 4.78 is 11.9. The molecule has 0 saturated heterocycles. The van der Waals surface area contributed by atoms with Crippen LogP contribution in [0.4, 0.5) is 0 Å². The summed E-state index contributed by atoms with van der Waals surface area (Å²) in [7, 11) is 14.5. The van der Waals surface area contributed by atoms with Gasteiger partial charge in [-0.1, -0.05) is 127 Å². The second-order valence-corrected chi connectivity index (χ2v) is 21.3. The van der Waals surface area contributed by atoms with E-state index in [0.29, 0.717) is 0 Å². The molecule has 6 heteroatoms. The summed E-state index contributed by atoms with van der Waals surface area (Å²) in [6.07, 6.45) is 0. The predicted octanol–water partition coefficient (Wildman–Crippen LogP) is 15.1. The summed E-state index contributed by atoms with van der Waals surface area (Å²) in [4.78, 5) is 0. The van der Waals surface area contributed by atoms with Crippen molar-refractivity contribution in [3.05, 3.63) is 117 Å². The summed E-state index contributed by atoms with van der Waals surface area (Å²) >= 11 is -0.826. The topological polar surface area (TPSA) is 18.5 Å². The molecule has 2 radical (unpaired) electrons. The van der Waals surface area contributed by atoms with Gasteiger partial charge in [-0.05, 0) is 71.9 Å². The molecule has 0 fully saturated rings. The monoisotopic (exact) mass is 856 g/mol. The number of halogens is 2. The zero-order valence-electron chi connectivity index (χ0n) is 35.5. The number of benzene rings is 4. The van der Waals surface area contributed by atoms with E-state index in [1.165, 1.54) is 88.3 Å². The molecule has 0 spiro atoms. The predicted molar refractivity (Wildman–Crippen MR) is 238 cm³/mol. The van der Waals surface area contributed by atoms with Gasteiger partial charge < -0.3 is 9.47 Å². The quantitative estimate of drug-likeness (QED) is 0.130. The van der Waals surface area contributed by atoms with Crippen molar-refractivity contribution in [1.82, 2.24) is 0 Å². The molecule has 286 valence electrons. The molecule has 0 heterocycles. The average Bonchev–Trinajstić information content (AvgIpc) is 3.62. The fourth-order valence-corrected chi connectivity index (χ4v) is 7.33. The number of fused-ring (bicyclic) bond motifs is 2. The fourth-order valence-electron chi connectivity index (χ4n) is 7.33. The molecule has 0 amide bonds. The Labute approximate surface area is 348 Å². The second-order valence-electron chi connectivity index (χ2n) is 16.6. The number of aryl methyl sites for hydroxylation is 6. The number of ether oxygens (including phenoxy) is 2. The molecular formula is C48H60Cl2O2SiZr. The molecule has 6 aromatic rings. The van der Waals surface area contributed by atoms with Crippen molar-refractivity contribution < 1.29 is 30.3 Å². The first-order chi connectivity index (χ1) is 25.2. The molecule has 6 aromatic carbocycles. The van der Waals surface area contributed by atoms with Crippen molar-refractivity contribution in [2.45, 2.75) is 107 Å². The van der Waals surface area contributed by atoms with Gasteiger partial charge >= 0.3 is 37.9 Å². The van der Waals surface area contributed by atoms with Gasteiger partial charge in [0.25, 0.3) is 0 Å². The van der Waals surface area contributed by atoms with E-state index in [-0.39, 0.29) is 10.8 Å². The first-order valence-corrected chi connectivity index (χ1v) is 26.9. The van der Waals surface area contributed by atoms with Crippen LogP contribution in [-0.2, 0) is 31.7 Å². The van der Waals surface area contributed by atoms with Crippen LogP contribution < -0.4 is 9.47 Å². The number of hydrogen-bond donors (Lipinski definition) is 0. The summed E-state index contributed by atoms with van der Waals surface area (Å²) in [5.41, 5.74) is 15.2. The van der Waals surface area contributed by atoms with E-state index in [1.807, 2.05) is 0 Å². The Morgan fingerprint density at radius 1 is 0.519 bits per heavy atom. The van der Waals surface area contributed by atoms with Gasteiger partial charge in [-0.25, -0.2) is 0 Å². The first-order valence-electron chi connectivity index (χ1n) is 18.5. The van der Waals surface area contributed by atoms with Crippen LogP contribution in [0, 0.1) is 41.5 Å². The maximum absolute atomic E-state index is 5.95. The van der Waals surface area contributed by atoms with Gasteiger partial charge in [0.1, 0.15) is 11.5 Å². The van der Waals surface area contributed by atoms with Gasteiger partial charge in [0, 0.05) is 9.52 Å². The van der Waals surface area contributed by atoms with Crippen LogP contribution >= 0.6 is 17.0 Å². The van der Waals surface area contributed by atoms with Crippen LogP contribution in [0.2, 0.25) is 13.1 Å². The van der Waals surface area contributed by atoms with Gasteiger partial charge in [-0.15, -0.1) is 56.9 Å². The fraction of sp³-hybridized carbons (Fsp3) is 0.375. The summed E-state index contributed by atoms with van der Waals surface area (Å²) in [5.74, 6) is 2.01. The van der Waals surface area contributed by atoms with Crippen molar-refractivity contribution in [1.29, 1.82) is 0 Å². The van der Waals surface area contributed by atoms with Crippen LogP contribution in [0.25, 0.3) is 43.8 Å². The molecule has 54 heavy (non-hydrogen) atoms. The molecule has 0 saturated carbocycles. The maximum atomic E-state index is 5.95. The Bertz CT molecular complexity index is 1980. The van der Waals surface area contributed by atoms with Gasteiger partial charge in [-0.3, -0.25) is 0 Å². The Hall–Kier alpha value is -2.62. The summed E-state index contributed by atoms with van der Waals surface area (Å²) in [6.45, 7) is 30.7. The molecular weight excluding hydrogens is 799 g/mol. The normalized spacial score (nSPS) is 11.1. The number of rotatable bonds is 4. The molecule has 0 N–H and O–H groups in total. The Kier molecular flexibility index (Phi) is 16.5. The molecule has 0 aliphatic carbocycles. The van der Waals surface area contributed by atoms with E-state index in [4.69, 9.17) is 26.5 Å². The van der Waals surface area contributed by atoms with E-state index in [9.17, 15) is 0 Å². The number of methoxy groups -OCH3 is 2. The molecule has 0 aliphatic rings. The third kappa shape index (κ3) is 11.2. The van der Waals surface area contributed by atoms with Crippen LogP contribution in [0.5, 0.6) is 11.5 Å². The first kappa shape index (κ1) is 45.8. The van der Waals surface area contributed by atoms with Gasteiger partial charge in [0.2, 0.25) is 0 Å². The Balaban J connectivity index is 0.000000254. The molecule has 0 aromatic heterocycles. The van der Waals surface area contributed by atoms with Crippen LogP contribution in [0.3, 0.4) is 0 Å². The van der Waals surface area contributed by atoms with Gasteiger partial charge in [-0.2, -0.15) is 12.1 Å². The van der Waals surface area contributed by atoms with Crippen molar-refractivity contribution >= 4 is 48.1 Å². The molecule has 6 rings (SSSR count). The molecule has 0 aliphatic heterocycles. The number of hydrogen-bond acceptors (Lipinski definition) is 2. The standard InChI is InChI=1S/2C23H27O.C2H6Si.2ClH.Zr/c2*1-14-8-15(2)11-18(10-14)21-19-12-16(3)9-17(19)13-20(22(21)24-7)23(4,5)6;1-3-2;;;/h2*8-13H,1-7H3;1-2H3;2*1H;/q2*-1;;;;+4/p-2. The third-order valence-corrected chi connectivity index (χ3v) is 9.26. The Morgan fingerprint density at radius 2 is 0.796 bits per heavy atom. The summed E-state index contributed by atoms with van der Waals surface area (Å²) in [5, 5.41) is 5.16. The minimum absolute atomic E-state index is 0.0261. The molecule has 0 unspecified atom stereocenters. The van der Waals surface area contributed by atoms with Crippen molar-refractivity contribution in [3.63, 3.8) is 0 Å². The second kappa shape index (κ2) is 19.5. The average molecular weight is 859 g/mol. The zero-order chi connectivity index (χ0) is 40.7. The molecule has 2 nitrogen and oxygen atoms in total. The van der Waals surface area contributed by atoms with Gasteiger partial charge in [0.05, 0.1) is 14.2 Å². The van der Waals surface area contributed by atoms with Crippen LogP contribution in [0.1, 0.15) is 86.1 Å². The van der Waals surface area contributed by atoms with E-state index in [0.717, 1.165) is 21.0 Å². The van der Waals surface area contributed by atoms with E-state index in [2.05, 4.69) is 169 Å². The third-order valence-electron chi connectivity index (χ3n) is 9.26. The van der Waals surface area contributed by atoms with E-state index < -0.39 is 20.8 Å². The van der Waals surface area contributed by atoms with Crippen molar-refractivity contribution in [3.8, 4) is 33.8 Å². The molecule has 0 atom stereocenters. The van der Waals surface area contributed by atoms with Crippen LogP contribution in [0.15, 0.2) is 72.8 Å². The summed E-state index contributed by atoms with van der Waals surface area (Å²) in [6, 6.07) is 27.2. The van der Waals surface area contributed by atoms with E-state index >= 15 is 0 Å². The van der Waals surface area contributed by atoms with E-state index in [1.54, 1.807) is 14.2 Å². The van der Waals surface area contributed by atoms with Gasteiger partial charge in [0.15, 0.2) is 0 Å². The van der Waals surface area contributed by atoms with Crippen molar-refractivity contribution in [2.75, 3.05) is 14.2 Å².